The van der Waals surface area contributed by atoms with Gasteiger partial charge >= 0.3 is 41.7 Å². The van der Waals surface area contributed by atoms with Gasteiger partial charge in [-0.15, -0.1) is 0 Å². The van der Waals surface area contributed by atoms with Gasteiger partial charge in [0.1, 0.15) is 0 Å². The van der Waals surface area contributed by atoms with Crippen LogP contribution in [0.1, 0.15) is 0 Å². The molecule has 12 nitrogen and oxygen atoms in total. The maximum atomic E-state index is 8.52. The molecule has 0 bridgehead atoms. The molecule has 0 aromatic rings. The van der Waals surface area contributed by atoms with E-state index in [-0.39, 0.29) is 85.6 Å². The van der Waals surface area contributed by atoms with E-state index < -0.39 is 10.4 Å². The average Bonchev–Trinajstić information content (AvgIpc) is 0.722. The van der Waals surface area contributed by atoms with Crippen LogP contribution in [-0.4, -0.2) is 61.3 Å². The van der Waals surface area contributed by atoms with Gasteiger partial charge in [0.25, 0.3) is 0 Å². The molecule has 0 amide bonds. The first-order valence-corrected chi connectivity index (χ1v) is 2.00. The molecule has 0 heterocycles. The van der Waals surface area contributed by atoms with Crippen LogP contribution in [-0.2, 0) is 10.4 Å². The molecule has 0 atom stereocenters. The molecule has 0 unspecified atom stereocenters. The molecule has 98 valence electrons. The molecule has 0 fully saturated rings. The van der Waals surface area contributed by atoms with E-state index in [1.165, 1.54) is 0 Å². The first kappa shape index (κ1) is 119. The normalized spacial score (nSPS) is 4.14. The van der Waals surface area contributed by atoms with Crippen LogP contribution in [0.25, 0.3) is 0 Å². The third-order valence-electron chi connectivity index (χ3n) is 0. The van der Waals surface area contributed by atoms with Crippen LogP contribution in [0.5, 0.6) is 0 Å². The fraction of sp³-hybridized carbons (Fsp3) is 0. The Labute approximate surface area is 113 Å². The summed E-state index contributed by atoms with van der Waals surface area (Å²) in [5, 5.41) is 0. The summed E-state index contributed by atoms with van der Waals surface area (Å²) in [7, 11) is -5.17. The molecule has 0 aromatic carbocycles. The summed E-state index contributed by atoms with van der Waals surface area (Å²) < 4.78 is 34.1. The van der Waals surface area contributed by atoms with E-state index in [1.807, 2.05) is 0 Å². The van der Waals surface area contributed by atoms with Crippen molar-refractivity contribution in [2.75, 3.05) is 0 Å². The fourth-order valence-electron chi connectivity index (χ4n) is 0. The maximum Gasteiger partial charge on any atom is 2.00 e. The van der Waals surface area contributed by atoms with Crippen LogP contribution < -0.4 is 0 Å². The zero-order valence-electron chi connectivity index (χ0n) is 6.54. The van der Waals surface area contributed by atoms with E-state index in [9.17, 15) is 0 Å². The average molecular weight is 380 g/mol. The molecule has 0 aliphatic carbocycles. The van der Waals surface area contributed by atoms with E-state index >= 15 is 0 Å². The first-order valence-electron chi connectivity index (χ1n) is 0.667. The molecule has 0 radical (unpaired) electrons. The van der Waals surface area contributed by atoms with Crippen LogP contribution in [0.2, 0.25) is 0 Å². The van der Waals surface area contributed by atoms with Gasteiger partial charge in [0.15, 0.2) is 0 Å². The minimum atomic E-state index is -5.17. The second kappa shape index (κ2) is 48.5. The molecular formula is H16CeO12S. The van der Waals surface area contributed by atoms with E-state index in [4.69, 9.17) is 17.5 Å². The van der Waals surface area contributed by atoms with Crippen LogP contribution in [0.15, 0.2) is 0 Å². The Morgan fingerprint density at radius 3 is 0.571 bits per heavy atom. The topological polar surface area (TPSA) is 332 Å². The van der Waals surface area contributed by atoms with Gasteiger partial charge in [0.05, 0.1) is 0 Å². The van der Waals surface area contributed by atoms with Gasteiger partial charge in [-0.2, -0.15) is 0 Å². The summed E-state index contributed by atoms with van der Waals surface area (Å²) in [6, 6.07) is 0. The third-order valence-corrected chi connectivity index (χ3v) is 0. The Morgan fingerprint density at radius 2 is 0.571 bits per heavy atom. The van der Waals surface area contributed by atoms with Crippen molar-refractivity contribution in [3.8, 4) is 0 Å². The fourth-order valence-corrected chi connectivity index (χ4v) is 0. The van der Waals surface area contributed by atoms with Crippen molar-refractivity contribution < 1.29 is 103 Å². The van der Waals surface area contributed by atoms with Crippen molar-refractivity contribution in [2.24, 2.45) is 0 Å². The Hall–Kier alpha value is 0.927. The Morgan fingerprint density at radius 1 is 0.571 bits per heavy atom. The van der Waals surface area contributed by atoms with Crippen molar-refractivity contribution in [1.29, 1.82) is 0 Å². The number of hydrogen-bond donors (Lipinski definition) is 0. The monoisotopic (exact) mass is 380 g/mol. The predicted octanol–water partition coefficient (Wildman–Crippen LogP) is -7.94. The van der Waals surface area contributed by atoms with Gasteiger partial charge in [-0.1, -0.05) is 0 Å². The van der Waals surface area contributed by atoms with Crippen molar-refractivity contribution in [3.63, 3.8) is 0 Å². The molecule has 14 heteroatoms. The summed E-state index contributed by atoms with van der Waals surface area (Å²) in [4.78, 5) is 0. The molecule has 0 rings (SSSR count). The molecule has 0 aliphatic heterocycles. The van der Waals surface area contributed by atoms with Crippen LogP contribution in [0.3, 0.4) is 0 Å². The van der Waals surface area contributed by atoms with Gasteiger partial charge in [0.2, 0.25) is 0 Å². The summed E-state index contributed by atoms with van der Waals surface area (Å²) in [6.07, 6.45) is 0. The maximum absolute atomic E-state index is 8.52. The minimum absolute atomic E-state index is 0. The number of hydrogen-bond acceptors (Lipinski definition) is 4. The first-order chi connectivity index (χ1) is 2.00. The summed E-state index contributed by atoms with van der Waals surface area (Å²) in [5.41, 5.74) is 0. The van der Waals surface area contributed by atoms with Gasteiger partial charge in [-0.3, -0.25) is 8.42 Å². The summed E-state index contributed by atoms with van der Waals surface area (Å²) in [6.45, 7) is 0. The number of rotatable bonds is 0. The Balaban J connectivity index is -0.00000000222. The third kappa shape index (κ3) is 2140. The smallest absolute Gasteiger partial charge is 0.759 e. The van der Waals surface area contributed by atoms with Crippen LogP contribution >= 0.6 is 0 Å². The minimum Gasteiger partial charge on any atom is -0.759 e. The zero-order valence-corrected chi connectivity index (χ0v) is 10.5. The van der Waals surface area contributed by atoms with E-state index in [2.05, 4.69) is 0 Å². The summed E-state index contributed by atoms with van der Waals surface area (Å²) in [5.74, 6) is 0. The van der Waals surface area contributed by atoms with Crippen LogP contribution in [0, 0.1) is 41.7 Å². The Bertz CT molecular complexity index is 93.5. The molecule has 14 heavy (non-hydrogen) atoms. The standard InChI is InChI=1S/Ce.H2O4S.8H2O/c;1-5(2,3)4;;;;;;;;/h;(H2,1,2,3,4);8*1H2/q+2;;;;;;;;;/p-2. The van der Waals surface area contributed by atoms with Crippen molar-refractivity contribution >= 4 is 10.4 Å². The quantitative estimate of drug-likeness (QED) is 0.291. The second-order valence-electron chi connectivity index (χ2n) is 0.408. The summed E-state index contributed by atoms with van der Waals surface area (Å²) >= 11 is 0. The van der Waals surface area contributed by atoms with Crippen molar-refractivity contribution in [3.05, 3.63) is 0 Å². The van der Waals surface area contributed by atoms with E-state index in [1.54, 1.807) is 0 Å². The molecule has 0 aliphatic rings. The second-order valence-corrected chi connectivity index (χ2v) is 1.22. The largest absolute Gasteiger partial charge is 2.00 e. The molecular weight excluding hydrogens is 364 g/mol. The van der Waals surface area contributed by atoms with Crippen molar-refractivity contribution in [2.45, 2.75) is 0 Å². The van der Waals surface area contributed by atoms with E-state index in [0.29, 0.717) is 0 Å². The van der Waals surface area contributed by atoms with Gasteiger partial charge < -0.3 is 52.9 Å². The molecule has 16 N–H and O–H groups in total. The molecule has 0 aromatic heterocycles. The van der Waals surface area contributed by atoms with Gasteiger partial charge in [-0.25, -0.2) is 0 Å². The predicted molar refractivity (Wildman–Crippen MR) is 39.4 cm³/mol. The van der Waals surface area contributed by atoms with Crippen LogP contribution in [0.4, 0.5) is 0 Å². The van der Waals surface area contributed by atoms with Gasteiger partial charge in [0, 0.05) is 10.4 Å². The van der Waals surface area contributed by atoms with E-state index in [0.717, 1.165) is 0 Å². The molecule has 0 saturated heterocycles. The SMILES string of the molecule is O.O.O.O.O.O.O.O.O=S(=O)([O-])[O-].[Ce+2]. The van der Waals surface area contributed by atoms with Crippen molar-refractivity contribution in [1.82, 2.24) is 0 Å². The molecule has 0 saturated carbocycles. The van der Waals surface area contributed by atoms with Gasteiger partial charge in [-0.05, 0) is 0 Å². The zero-order chi connectivity index (χ0) is 4.50. The Kier molecular flexibility index (Phi) is 413. The molecule has 0 spiro atoms.